The molecule has 0 radical (unpaired) electrons. The maximum absolute atomic E-state index is 11.9. The van der Waals surface area contributed by atoms with Gasteiger partial charge in [-0.3, -0.25) is 0 Å². The average molecular weight is 514 g/mol. The Morgan fingerprint density at radius 1 is 1.41 bits per heavy atom. The molecule has 0 saturated carbocycles. The van der Waals surface area contributed by atoms with E-state index in [1.165, 1.54) is 6.26 Å². The Bertz CT molecular complexity index is 684. The molecule has 1 atom stereocenters. The van der Waals surface area contributed by atoms with E-state index in [0.717, 1.165) is 12.8 Å². The first kappa shape index (κ1) is 24.2. The second-order valence-electron chi connectivity index (χ2n) is 6.66. The number of piperidine rings is 1. The van der Waals surface area contributed by atoms with Crippen LogP contribution in [0.3, 0.4) is 0 Å². The van der Waals surface area contributed by atoms with Crippen molar-refractivity contribution in [2.45, 2.75) is 45.3 Å². The van der Waals surface area contributed by atoms with Crippen molar-refractivity contribution < 1.29 is 17.9 Å². The highest BCUT2D eigenvalue weighted by Crippen LogP contribution is 2.21. The Hall–Kier alpha value is -0.850. The van der Waals surface area contributed by atoms with Crippen molar-refractivity contribution in [1.82, 2.24) is 14.9 Å². The standard InChI is InChI=1S/C17H30N4O4S.HI/c1-4-18-16(19-13-17(3,22)15-7-6-12-25-15)20-14-8-10-21(11-9-14)26(23,24)5-2;/h6-7,12,14,22H,4-5,8-11,13H2,1-3H3,(H2,18,19,20);1H. The summed E-state index contributed by atoms with van der Waals surface area (Å²) in [7, 11) is -3.12. The minimum absolute atomic E-state index is 0. The molecule has 1 aliphatic heterocycles. The third-order valence-electron chi connectivity index (χ3n) is 4.49. The topological polar surface area (TPSA) is 107 Å². The van der Waals surface area contributed by atoms with Crippen molar-refractivity contribution in [2.24, 2.45) is 4.99 Å². The number of halogens is 1. The van der Waals surface area contributed by atoms with E-state index in [9.17, 15) is 13.5 Å². The molecule has 0 amide bonds. The number of aliphatic hydroxyl groups is 1. The molecule has 0 bridgehead atoms. The summed E-state index contributed by atoms with van der Waals surface area (Å²) in [5.41, 5.74) is -1.19. The highest BCUT2D eigenvalue weighted by molar-refractivity contribution is 14.0. The summed E-state index contributed by atoms with van der Waals surface area (Å²) in [5.74, 6) is 1.21. The third-order valence-corrected chi connectivity index (χ3v) is 6.38. The molecular weight excluding hydrogens is 483 g/mol. The Kier molecular flexibility index (Phi) is 9.52. The molecule has 1 aromatic heterocycles. The van der Waals surface area contributed by atoms with Crippen LogP contribution in [-0.2, 0) is 15.6 Å². The van der Waals surface area contributed by atoms with E-state index in [-0.39, 0.29) is 42.3 Å². The zero-order valence-corrected chi connectivity index (χ0v) is 19.3. The van der Waals surface area contributed by atoms with Gasteiger partial charge in [0.2, 0.25) is 10.0 Å². The number of furan rings is 1. The number of hydrogen-bond acceptors (Lipinski definition) is 5. The van der Waals surface area contributed by atoms with E-state index in [1.807, 2.05) is 6.92 Å². The van der Waals surface area contributed by atoms with Gasteiger partial charge in [-0.05, 0) is 45.7 Å². The minimum Gasteiger partial charge on any atom is -0.466 e. The van der Waals surface area contributed by atoms with Crippen molar-refractivity contribution in [3.8, 4) is 0 Å². The molecule has 10 heteroatoms. The smallest absolute Gasteiger partial charge is 0.213 e. The molecule has 8 nitrogen and oxygen atoms in total. The summed E-state index contributed by atoms with van der Waals surface area (Å²) in [4.78, 5) is 4.47. The predicted octanol–water partition coefficient (Wildman–Crippen LogP) is 1.47. The number of hydrogen-bond donors (Lipinski definition) is 3. The van der Waals surface area contributed by atoms with Crippen molar-refractivity contribution in [1.29, 1.82) is 0 Å². The Morgan fingerprint density at radius 3 is 2.59 bits per heavy atom. The fraction of sp³-hybridized carbons (Fsp3) is 0.706. The summed E-state index contributed by atoms with van der Waals surface area (Å²) in [6.07, 6.45) is 2.96. The lowest BCUT2D eigenvalue weighted by molar-refractivity contribution is 0.0436. The van der Waals surface area contributed by atoms with Crippen LogP contribution >= 0.6 is 24.0 Å². The van der Waals surface area contributed by atoms with Crippen LogP contribution in [-0.4, -0.2) is 61.8 Å². The van der Waals surface area contributed by atoms with Crippen LogP contribution in [0.25, 0.3) is 0 Å². The van der Waals surface area contributed by atoms with Crippen LogP contribution in [0, 0.1) is 0 Å². The normalized spacial score (nSPS) is 19.2. The van der Waals surface area contributed by atoms with Gasteiger partial charge in [-0.25, -0.2) is 17.7 Å². The molecule has 0 aliphatic carbocycles. The van der Waals surface area contributed by atoms with E-state index < -0.39 is 15.6 Å². The lowest BCUT2D eigenvalue weighted by Crippen LogP contribution is -2.50. The van der Waals surface area contributed by atoms with Gasteiger partial charge in [-0.2, -0.15) is 0 Å². The van der Waals surface area contributed by atoms with E-state index in [4.69, 9.17) is 4.42 Å². The Labute approximate surface area is 178 Å². The summed E-state index contributed by atoms with van der Waals surface area (Å²) in [6.45, 7) is 7.16. The van der Waals surface area contributed by atoms with Gasteiger partial charge in [-0.15, -0.1) is 24.0 Å². The van der Waals surface area contributed by atoms with Crippen molar-refractivity contribution in [2.75, 3.05) is 31.9 Å². The number of rotatable bonds is 7. The number of guanidine groups is 1. The highest BCUT2D eigenvalue weighted by Gasteiger charge is 2.28. The molecule has 27 heavy (non-hydrogen) atoms. The van der Waals surface area contributed by atoms with Crippen LogP contribution in [0.15, 0.2) is 27.8 Å². The summed E-state index contributed by atoms with van der Waals surface area (Å²) in [6, 6.07) is 3.60. The van der Waals surface area contributed by atoms with Gasteiger partial charge in [0.25, 0.3) is 0 Å². The number of aliphatic imine (C=N–C) groups is 1. The molecule has 3 N–H and O–H groups in total. The zero-order chi connectivity index (χ0) is 19.2. The zero-order valence-electron chi connectivity index (χ0n) is 16.1. The molecule has 156 valence electrons. The van der Waals surface area contributed by atoms with Crippen molar-refractivity contribution in [3.05, 3.63) is 24.2 Å². The Morgan fingerprint density at radius 2 is 2.07 bits per heavy atom. The van der Waals surface area contributed by atoms with E-state index in [0.29, 0.717) is 31.4 Å². The molecule has 1 aliphatic rings. The molecule has 0 aromatic carbocycles. The van der Waals surface area contributed by atoms with Crippen LogP contribution in [0.5, 0.6) is 0 Å². The maximum Gasteiger partial charge on any atom is 0.213 e. The van der Waals surface area contributed by atoms with Gasteiger partial charge in [0.05, 0.1) is 18.6 Å². The number of nitrogens with one attached hydrogen (secondary N) is 2. The number of nitrogens with zero attached hydrogens (tertiary/aromatic N) is 2. The lowest BCUT2D eigenvalue weighted by atomic mass is 10.0. The maximum atomic E-state index is 11.9. The summed E-state index contributed by atoms with van der Waals surface area (Å²) < 4.78 is 30.7. The van der Waals surface area contributed by atoms with Crippen LogP contribution in [0.4, 0.5) is 0 Å². The highest BCUT2D eigenvalue weighted by atomic mass is 127. The van der Waals surface area contributed by atoms with Crippen molar-refractivity contribution in [3.63, 3.8) is 0 Å². The molecule has 2 rings (SSSR count). The predicted molar refractivity (Wildman–Crippen MR) is 117 cm³/mol. The molecule has 2 heterocycles. The summed E-state index contributed by atoms with van der Waals surface area (Å²) in [5, 5.41) is 17.0. The molecular formula is C17H31IN4O4S. The molecule has 0 spiro atoms. The lowest BCUT2D eigenvalue weighted by Gasteiger charge is -2.32. The van der Waals surface area contributed by atoms with Gasteiger partial charge < -0.3 is 20.2 Å². The fourth-order valence-corrected chi connectivity index (χ4v) is 4.00. The number of sulfonamides is 1. The minimum atomic E-state index is -3.12. The van der Waals surface area contributed by atoms with Crippen LogP contribution in [0.1, 0.15) is 39.4 Å². The van der Waals surface area contributed by atoms with E-state index in [1.54, 1.807) is 30.3 Å². The van der Waals surface area contributed by atoms with E-state index >= 15 is 0 Å². The average Bonchev–Trinajstić information content (AvgIpc) is 3.16. The van der Waals surface area contributed by atoms with Crippen LogP contribution < -0.4 is 10.6 Å². The first-order valence-electron chi connectivity index (χ1n) is 9.07. The SMILES string of the molecule is CCNC(=NCC(C)(O)c1ccco1)NC1CCN(S(=O)(=O)CC)CC1.I. The van der Waals surface area contributed by atoms with Gasteiger partial charge in [-0.1, -0.05) is 0 Å². The van der Waals surface area contributed by atoms with Crippen molar-refractivity contribution >= 4 is 40.0 Å². The van der Waals surface area contributed by atoms with Gasteiger partial charge in [0.15, 0.2) is 5.96 Å². The molecule has 1 aromatic rings. The van der Waals surface area contributed by atoms with E-state index in [2.05, 4.69) is 15.6 Å². The van der Waals surface area contributed by atoms with Gasteiger partial charge >= 0.3 is 0 Å². The van der Waals surface area contributed by atoms with Gasteiger partial charge in [0, 0.05) is 25.7 Å². The third kappa shape index (κ3) is 6.91. The van der Waals surface area contributed by atoms with Crippen LogP contribution in [0.2, 0.25) is 0 Å². The Balaban J connectivity index is 0.00000364. The summed E-state index contributed by atoms with van der Waals surface area (Å²) >= 11 is 0. The van der Waals surface area contributed by atoms with Gasteiger partial charge in [0.1, 0.15) is 11.4 Å². The first-order chi connectivity index (χ1) is 12.3. The molecule has 1 unspecified atom stereocenters. The monoisotopic (exact) mass is 514 g/mol. The second-order valence-corrected chi connectivity index (χ2v) is 8.92. The first-order valence-corrected chi connectivity index (χ1v) is 10.7. The fourth-order valence-electron chi connectivity index (χ4n) is 2.87. The molecule has 1 fully saturated rings. The quantitative estimate of drug-likeness (QED) is 0.289. The molecule has 1 saturated heterocycles. The second kappa shape index (κ2) is 10.6. The largest absolute Gasteiger partial charge is 0.466 e.